The monoisotopic (exact) mass is 383 g/mol. The summed E-state index contributed by atoms with van der Waals surface area (Å²) >= 11 is 5.97. The van der Waals surface area contributed by atoms with Gasteiger partial charge in [-0.25, -0.2) is 13.1 Å². The van der Waals surface area contributed by atoms with Crippen LogP contribution in [-0.4, -0.2) is 28.7 Å². The highest BCUT2D eigenvalue weighted by atomic mass is 35.5. The summed E-state index contributed by atoms with van der Waals surface area (Å²) in [5, 5.41) is 0.567. The van der Waals surface area contributed by atoms with Gasteiger partial charge in [0.1, 0.15) is 12.4 Å². The zero-order valence-electron chi connectivity index (χ0n) is 14.5. The summed E-state index contributed by atoms with van der Waals surface area (Å²) in [7, 11) is -2.06. The quantitative estimate of drug-likeness (QED) is 0.706. The first kappa shape index (κ1) is 19.7. The molecule has 0 aliphatic heterocycles. The molecule has 0 saturated carbocycles. The summed E-state index contributed by atoms with van der Waals surface area (Å²) in [4.78, 5) is 0.193. The second kappa shape index (κ2) is 8.67. The van der Waals surface area contributed by atoms with Crippen LogP contribution in [0.1, 0.15) is 24.1 Å². The Hall–Kier alpha value is -1.60. The fourth-order valence-electron chi connectivity index (χ4n) is 2.33. The highest BCUT2D eigenvalue weighted by molar-refractivity contribution is 7.89. The lowest BCUT2D eigenvalue weighted by Gasteiger charge is -2.16. The molecule has 2 aromatic rings. The maximum Gasteiger partial charge on any atom is 0.241 e. The molecule has 0 bridgehead atoms. The number of halogens is 1. The molecule has 2 aromatic carbocycles. The van der Waals surface area contributed by atoms with Gasteiger partial charge in [-0.05, 0) is 55.3 Å². The molecule has 0 aromatic heterocycles. The van der Waals surface area contributed by atoms with E-state index in [-0.39, 0.29) is 4.90 Å². The fourth-order valence-corrected chi connectivity index (χ4v) is 3.85. The van der Waals surface area contributed by atoms with Gasteiger partial charge in [-0.2, -0.15) is 0 Å². The Morgan fingerprint density at radius 2 is 1.92 bits per heavy atom. The number of hydrogen-bond donors (Lipinski definition) is 1. The van der Waals surface area contributed by atoms with E-state index in [1.54, 1.807) is 44.4 Å². The molecule has 0 fully saturated rings. The molecular weight excluding hydrogens is 362 g/mol. The predicted octanol–water partition coefficient (Wildman–Crippen LogP) is 3.71. The zero-order valence-corrected chi connectivity index (χ0v) is 16.0. The highest BCUT2D eigenvalue weighted by Crippen LogP contribution is 2.24. The van der Waals surface area contributed by atoms with Crippen molar-refractivity contribution in [3.63, 3.8) is 0 Å². The van der Waals surface area contributed by atoms with E-state index in [4.69, 9.17) is 21.1 Å². The summed E-state index contributed by atoms with van der Waals surface area (Å²) in [5.74, 6) is 0.638. The summed E-state index contributed by atoms with van der Waals surface area (Å²) in [6, 6.07) is 11.5. The van der Waals surface area contributed by atoms with Crippen LogP contribution >= 0.6 is 11.6 Å². The number of benzene rings is 2. The van der Waals surface area contributed by atoms with Crippen molar-refractivity contribution in [3.05, 3.63) is 58.6 Å². The summed E-state index contributed by atoms with van der Waals surface area (Å²) in [5.41, 5.74) is 1.54. The van der Waals surface area contributed by atoms with E-state index in [1.807, 2.05) is 13.0 Å². The van der Waals surface area contributed by atoms with Crippen LogP contribution in [0, 0.1) is 6.92 Å². The molecule has 1 unspecified atom stereocenters. The summed E-state index contributed by atoms with van der Waals surface area (Å²) in [6.45, 7) is 4.46. The van der Waals surface area contributed by atoms with Crippen molar-refractivity contribution in [2.24, 2.45) is 0 Å². The number of methoxy groups -OCH3 is 1. The van der Waals surface area contributed by atoms with Crippen LogP contribution in [-0.2, 0) is 14.8 Å². The molecular formula is C18H22ClNO4S. The SMILES string of the molecule is COCCOc1ccc(S(=O)(=O)NC(C)c2cccc(Cl)c2)cc1C. The van der Waals surface area contributed by atoms with Crippen molar-refractivity contribution >= 4 is 21.6 Å². The number of nitrogens with one attached hydrogen (secondary N) is 1. The Bertz CT molecular complexity index is 824. The molecule has 0 spiro atoms. The van der Waals surface area contributed by atoms with E-state index in [0.717, 1.165) is 11.1 Å². The fraction of sp³-hybridized carbons (Fsp3) is 0.333. The minimum atomic E-state index is -3.66. The Kier molecular flexibility index (Phi) is 6.84. The van der Waals surface area contributed by atoms with Crippen LogP contribution in [0.3, 0.4) is 0 Å². The molecule has 136 valence electrons. The van der Waals surface area contributed by atoms with E-state index in [9.17, 15) is 8.42 Å². The van der Waals surface area contributed by atoms with Gasteiger partial charge in [0.2, 0.25) is 10.0 Å². The van der Waals surface area contributed by atoms with Crippen LogP contribution in [0.15, 0.2) is 47.4 Å². The van der Waals surface area contributed by atoms with E-state index in [0.29, 0.717) is 24.0 Å². The Morgan fingerprint density at radius 3 is 2.56 bits per heavy atom. The van der Waals surface area contributed by atoms with Crippen LogP contribution in [0.5, 0.6) is 5.75 Å². The summed E-state index contributed by atoms with van der Waals surface area (Å²) in [6.07, 6.45) is 0. The first-order chi connectivity index (χ1) is 11.8. The smallest absolute Gasteiger partial charge is 0.241 e. The van der Waals surface area contributed by atoms with Gasteiger partial charge >= 0.3 is 0 Å². The van der Waals surface area contributed by atoms with Crippen LogP contribution in [0.2, 0.25) is 5.02 Å². The maximum atomic E-state index is 12.6. The molecule has 7 heteroatoms. The lowest BCUT2D eigenvalue weighted by atomic mass is 10.1. The van der Waals surface area contributed by atoms with Gasteiger partial charge in [0.15, 0.2) is 0 Å². The van der Waals surface area contributed by atoms with Gasteiger partial charge in [-0.3, -0.25) is 0 Å². The van der Waals surface area contributed by atoms with Gasteiger partial charge in [-0.15, -0.1) is 0 Å². The van der Waals surface area contributed by atoms with Crippen molar-refractivity contribution < 1.29 is 17.9 Å². The van der Waals surface area contributed by atoms with E-state index >= 15 is 0 Å². The molecule has 2 rings (SSSR count). The standard InChI is InChI=1S/C18H22ClNO4S/c1-13-11-17(7-8-18(13)24-10-9-23-3)25(21,22)20-14(2)15-5-4-6-16(19)12-15/h4-8,11-12,14,20H,9-10H2,1-3H3. The normalized spacial score (nSPS) is 12.8. The maximum absolute atomic E-state index is 12.6. The Labute approximate surface area is 154 Å². The van der Waals surface area contributed by atoms with Crippen LogP contribution in [0.25, 0.3) is 0 Å². The van der Waals surface area contributed by atoms with Gasteiger partial charge in [-0.1, -0.05) is 23.7 Å². The lowest BCUT2D eigenvalue weighted by Crippen LogP contribution is -2.27. The van der Waals surface area contributed by atoms with Crippen molar-refractivity contribution in [2.75, 3.05) is 20.3 Å². The molecule has 1 N–H and O–H groups in total. The first-order valence-corrected chi connectivity index (χ1v) is 9.70. The minimum Gasteiger partial charge on any atom is -0.491 e. The third-order valence-corrected chi connectivity index (χ3v) is 5.46. The van der Waals surface area contributed by atoms with Crippen molar-refractivity contribution in [2.45, 2.75) is 24.8 Å². The molecule has 0 saturated heterocycles. The third kappa shape index (κ3) is 5.44. The number of rotatable bonds is 8. The topological polar surface area (TPSA) is 64.6 Å². The largest absolute Gasteiger partial charge is 0.491 e. The van der Waals surface area contributed by atoms with Gasteiger partial charge in [0.25, 0.3) is 0 Å². The average molecular weight is 384 g/mol. The average Bonchev–Trinajstić information content (AvgIpc) is 2.56. The number of hydrogen-bond acceptors (Lipinski definition) is 4. The number of sulfonamides is 1. The molecule has 0 amide bonds. The molecule has 0 aliphatic rings. The molecule has 0 radical (unpaired) electrons. The third-order valence-electron chi connectivity index (χ3n) is 3.68. The molecule has 0 aliphatic carbocycles. The van der Waals surface area contributed by atoms with Crippen LogP contribution in [0.4, 0.5) is 0 Å². The zero-order chi connectivity index (χ0) is 18.4. The van der Waals surface area contributed by atoms with E-state index in [2.05, 4.69) is 4.72 Å². The Morgan fingerprint density at radius 1 is 1.16 bits per heavy atom. The molecule has 1 atom stereocenters. The number of aryl methyl sites for hydroxylation is 1. The molecule has 5 nitrogen and oxygen atoms in total. The second-order valence-electron chi connectivity index (χ2n) is 5.67. The van der Waals surface area contributed by atoms with Crippen molar-refractivity contribution in [1.29, 1.82) is 0 Å². The van der Waals surface area contributed by atoms with E-state index in [1.165, 1.54) is 6.07 Å². The number of ether oxygens (including phenoxy) is 2. The minimum absolute atomic E-state index is 0.193. The molecule has 0 heterocycles. The van der Waals surface area contributed by atoms with Crippen molar-refractivity contribution in [1.82, 2.24) is 4.72 Å². The van der Waals surface area contributed by atoms with E-state index < -0.39 is 16.1 Å². The van der Waals surface area contributed by atoms with Crippen molar-refractivity contribution in [3.8, 4) is 5.75 Å². The van der Waals surface area contributed by atoms with Gasteiger partial charge in [0, 0.05) is 18.2 Å². The van der Waals surface area contributed by atoms with Gasteiger partial charge < -0.3 is 9.47 Å². The lowest BCUT2D eigenvalue weighted by molar-refractivity contribution is 0.146. The van der Waals surface area contributed by atoms with Crippen LogP contribution < -0.4 is 9.46 Å². The second-order valence-corrected chi connectivity index (χ2v) is 7.82. The van der Waals surface area contributed by atoms with Gasteiger partial charge in [0.05, 0.1) is 11.5 Å². The predicted molar refractivity (Wildman–Crippen MR) is 98.7 cm³/mol. The molecule has 25 heavy (non-hydrogen) atoms. The first-order valence-electron chi connectivity index (χ1n) is 7.83. The Balaban J connectivity index is 2.14. The summed E-state index contributed by atoms with van der Waals surface area (Å²) < 4.78 is 38.4. The highest BCUT2D eigenvalue weighted by Gasteiger charge is 2.19.